The van der Waals surface area contributed by atoms with Gasteiger partial charge in [-0.15, -0.1) is 0 Å². The van der Waals surface area contributed by atoms with Crippen LogP contribution in [-0.2, 0) is 6.42 Å². The van der Waals surface area contributed by atoms with Crippen LogP contribution >= 0.6 is 15.9 Å². The van der Waals surface area contributed by atoms with Crippen molar-refractivity contribution in [3.63, 3.8) is 0 Å². The number of methoxy groups -OCH3 is 1. The molecule has 110 valence electrons. The fourth-order valence-corrected chi connectivity index (χ4v) is 3.82. The van der Waals surface area contributed by atoms with Gasteiger partial charge in [-0.2, -0.15) is 0 Å². The molecule has 0 heterocycles. The first-order chi connectivity index (χ1) is 10.1. The zero-order chi connectivity index (χ0) is 15.0. The Morgan fingerprint density at radius 3 is 2.76 bits per heavy atom. The van der Waals surface area contributed by atoms with Gasteiger partial charge in [0.1, 0.15) is 5.75 Å². The number of nitrogens with one attached hydrogen (secondary N) is 1. The summed E-state index contributed by atoms with van der Waals surface area (Å²) in [6.07, 6.45) is 2.25. The third-order valence-electron chi connectivity index (χ3n) is 4.35. The fraction of sp³-hybridized carbons (Fsp3) is 0.333. The van der Waals surface area contributed by atoms with Crippen LogP contribution in [-0.4, -0.2) is 7.11 Å². The molecule has 2 aromatic carbocycles. The Labute approximate surface area is 134 Å². The Kier molecular flexibility index (Phi) is 3.94. The average molecular weight is 346 g/mol. The summed E-state index contributed by atoms with van der Waals surface area (Å²) in [4.78, 5) is 0. The number of anilines is 1. The lowest BCUT2D eigenvalue weighted by molar-refractivity contribution is 0.409. The summed E-state index contributed by atoms with van der Waals surface area (Å²) in [5.74, 6) is 0.979. The summed E-state index contributed by atoms with van der Waals surface area (Å²) in [6.45, 7) is 4.20. The lowest BCUT2D eigenvalue weighted by Gasteiger charge is -2.20. The molecule has 1 aliphatic carbocycles. The molecule has 0 saturated carbocycles. The van der Waals surface area contributed by atoms with Crippen LogP contribution in [0.1, 0.15) is 34.7 Å². The summed E-state index contributed by atoms with van der Waals surface area (Å²) >= 11 is 3.66. The molecule has 0 radical (unpaired) electrons. The van der Waals surface area contributed by atoms with Crippen molar-refractivity contribution in [2.75, 3.05) is 12.4 Å². The quantitative estimate of drug-likeness (QED) is 0.827. The second-order valence-electron chi connectivity index (χ2n) is 5.63. The molecule has 0 fully saturated rings. The van der Waals surface area contributed by atoms with Gasteiger partial charge in [0.25, 0.3) is 0 Å². The number of rotatable bonds is 3. The molecule has 2 aromatic rings. The van der Waals surface area contributed by atoms with E-state index < -0.39 is 0 Å². The largest absolute Gasteiger partial charge is 0.496 e. The summed E-state index contributed by atoms with van der Waals surface area (Å²) in [5, 5.41) is 3.69. The monoisotopic (exact) mass is 345 g/mol. The predicted octanol–water partition coefficient (Wildman–Crippen LogP) is 5.17. The summed E-state index contributed by atoms with van der Waals surface area (Å²) < 4.78 is 6.75. The van der Waals surface area contributed by atoms with Crippen LogP contribution in [0.15, 0.2) is 34.8 Å². The van der Waals surface area contributed by atoms with Crippen molar-refractivity contribution in [3.8, 4) is 5.75 Å². The molecule has 0 aliphatic heterocycles. The molecule has 3 heteroatoms. The Balaban J connectivity index is 1.92. The van der Waals surface area contributed by atoms with Gasteiger partial charge < -0.3 is 10.1 Å². The maximum Gasteiger partial charge on any atom is 0.126 e. The molecule has 1 atom stereocenters. The average Bonchev–Trinajstić information content (AvgIpc) is 2.87. The van der Waals surface area contributed by atoms with E-state index in [4.69, 9.17) is 4.74 Å². The molecule has 3 rings (SSSR count). The maximum absolute atomic E-state index is 5.52. The summed E-state index contributed by atoms with van der Waals surface area (Å²) in [6, 6.07) is 11.1. The van der Waals surface area contributed by atoms with Crippen molar-refractivity contribution in [3.05, 3.63) is 57.1 Å². The van der Waals surface area contributed by atoms with Crippen molar-refractivity contribution < 1.29 is 4.74 Å². The van der Waals surface area contributed by atoms with Gasteiger partial charge >= 0.3 is 0 Å². The highest BCUT2D eigenvalue weighted by Gasteiger charge is 2.24. The SMILES string of the molecule is COc1c(C)ccc(NC2CCc3c(Br)cccc32)c1C. The number of fused-ring (bicyclic) bond motifs is 1. The highest BCUT2D eigenvalue weighted by Crippen LogP contribution is 2.39. The van der Waals surface area contributed by atoms with E-state index in [9.17, 15) is 0 Å². The van der Waals surface area contributed by atoms with E-state index in [-0.39, 0.29) is 0 Å². The van der Waals surface area contributed by atoms with Gasteiger partial charge in [-0.3, -0.25) is 0 Å². The van der Waals surface area contributed by atoms with Gasteiger partial charge in [0.2, 0.25) is 0 Å². The Morgan fingerprint density at radius 1 is 1.19 bits per heavy atom. The first-order valence-corrected chi connectivity index (χ1v) is 8.09. The lowest BCUT2D eigenvalue weighted by atomic mass is 10.1. The molecule has 0 amide bonds. The molecular formula is C18H20BrNO. The Bertz CT molecular complexity index is 681. The van der Waals surface area contributed by atoms with Gasteiger partial charge in [0, 0.05) is 15.7 Å². The molecule has 0 bridgehead atoms. The van der Waals surface area contributed by atoms with Crippen molar-refractivity contribution in [1.29, 1.82) is 0 Å². The van der Waals surface area contributed by atoms with E-state index in [1.165, 1.54) is 26.7 Å². The standard InChI is InChI=1S/C18H20BrNO/c1-11-7-9-16(12(2)18(11)21-3)20-17-10-8-13-14(17)5-4-6-15(13)19/h4-7,9,17,20H,8,10H2,1-3H3. The highest BCUT2D eigenvalue weighted by atomic mass is 79.9. The molecule has 0 spiro atoms. The molecule has 0 aromatic heterocycles. The minimum atomic E-state index is 0.378. The van der Waals surface area contributed by atoms with Crippen LogP contribution < -0.4 is 10.1 Å². The normalized spacial score (nSPS) is 16.7. The van der Waals surface area contributed by atoms with Crippen LogP contribution in [0.2, 0.25) is 0 Å². The molecular weight excluding hydrogens is 326 g/mol. The number of benzene rings is 2. The fourth-order valence-electron chi connectivity index (χ4n) is 3.24. The van der Waals surface area contributed by atoms with E-state index >= 15 is 0 Å². The van der Waals surface area contributed by atoms with Crippen LogP contribution in [0.5, 0.6) is 5.75 Å². The van der Waals surface area contributed by atoms with Gasteiger partial charge in [0.15, 0.2) is 0 Å². The van der Waals surface area contributed by atoms with Gasteiger partial charge in [-0.05, 0) is 55.5 Å². The smallest absolute Gasteiger partial charge is 0.126 e. The Morgan fingerprint density at radius 2 is 2.00 bits per heavy atom. The zero-order valence-corrected chi connectivity index (χ0v) is 14.3. The Hall–Kier alpha value is -1.48. The molecule has 0 saturated heterocycles. The number of aryl methyl sites for hydroxylation is 1. The van der Waals surface area contributed by atoms with Crippen molar-refractivity contribution in [2.24, 2.45) is 0 Å². The van der Waals surface area contributed by atoms with Crippen molar-refractivity contribution in [2.45, 2.75) is 32.7 Å². The van der Waals surface area contributed by atoms with Crippen molar-refractivity contribution in [1.82, 2.24) is 0 Å². The molecule has 2 nitrogen and oxygen atoms in total. The first kappa shape index (κ1) is 14.5. The zero-order valence-electron chi connectivity index (χ0n) is 12.7. The number of ether oxygens (including phenoxy) is 1. The summed E-state index contributed by atoms with van der Waals surface area (Å²) in [7, 11) is 1.74. The van der Waals surface area contributed by atoms with Crippen LogP contribution in [0.4, 0.5) is 5.69 Å². The van der Waals surface area contributed by atoms with E-state index in [0.29, 0.717) is 6.04 Å². The first-order valence-electron chi connectivity index (χ1n) is 7.30. The predicted molar refractivity (Wildman–Crippen MR) is 91.3 cm³/mol. The van der Waals surface area contributed by atoms with Crippen LogP contribution in [0.25, 0.3) is 0 Å². The third kappa shape index (κ3) is 2.55. The maximum atomic E-state index is 5.52. The number of halogens is 1. The minimum Gasteiger partial charge on any atom is -0.496 e. The van der Waals surface area contributed by atoms with Crippen LogP contribution in [0, 0.1) is 13.8 Å². The molecule has 1 aliphatic rings. The molecule has 1 N–H and O–H groups in total. The number of hydrogen-bond donors (Lipinski definition) is 1. The van der Waals surface area contributed by atoms with E-state index in [1.54, 1.807) is 7.11 Å². The van der Waals surface area contributed by atoms with Crippen molar-refractivity contribution >= 4 is 21.6 Å². The second-order valence-corrected chi connectivity index (χ2v) is 6.49. The van der Waals surface area contributed by atoms with Gasteiger partial charge in [-0.25, -0.2) is 0 Å². The summed E-state index contributed by atoms with van der Waals surface area (Å²) in [5.41, 5.74) is 6.36. The topological polar surface area (TPSA) is 21.3 Å². The molecule has 21 heavy (non-hydrogen) atoms. The highest BCUT2D eigenvalue weighted by molar-refractivity contribution is 9.10. The second kappa shape index (κ2) is 5.72. The van der Waals surface area contributed by atoms with E-state index in [0.717, 1.165) is 24.3 Å². The van der Waals surface area contributed by atoms with E-state index in [2.05, 4.69) is 65.4 Å². The minimum absolute atomic E-state index is 0.378. The van der Waals surface area contributed by atoms with Gasteiger partial charge in [-0.1, -0.05) is 34.1 Å². The van der Waals surface area contributed by atoms with E-state index in [1.807, 2.05) is 0 Å². The van der Waals surface area contributed by atoms with Gasteiger partial charge in [0.05, 0.1) is 13.2 Å². The number of hydrogen-bond acceptors (Lipinski definition) is 2. The van der Waals surface area contributed by atoms with Crippen LogP contribution in [0.3, 0.4) is 0 Å². The lowest BCUT2D eigenvalue weighted by Crippen LogP contribution is -2.09. The third-order valence-corrected chi connectivity index (χ3v) is 5.09. The molecule has 1 unspecified atom stereocenters.